The van der Waals surface area contributed by atoms with Crippen molar-refractivity contribution in [1.29, 1.82) is 0 Å². The number of anilines is 1. The van der Waals surface area contributed by atoms with Gasteiger partial charge in [0.05, 0.1) is 16.8 Å². The molecule has 1 unspecified atom stereocenters. The highest BCUT2D eigenvalue weighted by molar-refractivity contribution is 6.30. The highest BCUT2D eigenvalue weighted by atomic mass is 35.5. The van der Waals surface area contributed by atoms with Gasteiger partial charge in [0.25, 0.3) is 0 Å². The molecule has 1 aromatic carbocycles. The normalized spacial score (nSPS) is 16.8. The van der Waals surface area contributed by atoms with Crippen molar-refractivity contribution in [2.45, 2.75) is 25.8 Å². The maximum Gasteiger partial charge on any atom is 0.343 e. The van der Waals surface area contributed by atoms with Crippen LogP contribution in [0.15, 0.2) is 36.7 Å². The number of hydrogen-bond donors (Lipinski definition) is 1. The van der Waals surface area contributed by atoms with Crippen LogP contribution in [-0.4, -0.2) is 17.0 Å². The Bertz CT molecular complexity index is 688. The van der Waals surface area contributed by atoms with Crippen LogP contribution in [0.4, 0.5) is 5.69 Å². The second kappa shape index (κ2) is 5.74. The van der Waals surface area contributed by atoms with Crippen LogP contribution in [0.2, 0.25) is 5.02 Å². The predicted octanol–water partition coefficient (Wildman–Crippen LogP) is 3.70. The summed E-state index contributed by atoms with van der Waals surface area (Å²) in [6.07, 6.45) is 4.83. The summed E-state index contributed by atoms with van der Waals surface area (Å²) < 4.78 is 5.36. The van der Waals surface area contributed by atoms with Crippen LogP contribution in [-0.2, 0) is 6.42 Å². The molecule has 3 rings (SSSR count). The molecule has 0 saturated heterocycles. The SMILES string of the molecule is CC1CCc2c(cccc2C(=O)Oc2cncc(Cl)c2)N1. The lowest BCUT2D eigenvalue weighted by molar-refractivity contribution is 0.0733. The summed E-state index contributed by atoms with van der Waals surface area (Å²) in [5.74, 6) is -0.0329. The third kappa shape index (κ3) is 3.00. The van der Waals surface area contributed by atoms with Gasteiger partial charge in [0, 0.05) is 24.0 Å². The van der Waals surface area contributed by atoms with E-state index in [1.807, 2.05) is 12.1 Å². The minimum Gasteiger partial charge on any atom is -0.421 e. The molecule has 0 radical (unpaired) electrons. The molecule has 2 aromatic rings. The van der Waals surface area contributed by atoms with Gasteiger partial charge in [-0.2, -0.15) is 0 Å². The van der Waals surface area contributed by atoms with Crippen molar-refractivity contribution in [2.75, 3.05) is 5.32 Å². The van der Waals surface area contributed by atoms with Crippen LogP contribution < -0.4 is 10.1 Å². The number of nitrogens with one attached hydrogen (secondary N) is 1. The van der Waals surface area contributed by atoms with Crippen LogP contribution in [0.5, 0.6) is 5.75 Å². The van der Waals surface area contributed by atoms with E-state index in [4.69, 9.17) is 16.3 Å². The number of carbonyl (C=O) groups is 1. The highest BCUT2D eigenvalue weighted by Gasteiger charge is 2.21. The fourth-order valence-corrected chi connectivity index (χ4v) is 2.66. The third-order valence-electron chi connectivity index (χ3n) is 3.52. The Kier molecular flexibility index (Phi) is 3.80. The van der Waals surface area contributed by atoms with Crippen LogP contribution in [0.1, 0.15) is 29.3 Å². The average Bonchev–Trinajstić information content (AvgIpc) is 2.46. The Morgan fingerprint density at radius 3 is 3.10 bits per heavy atom. The monoisotopic (exact) mass is 302 g/mol. The molecule has 21 heavy (non-hydrogen) atoms. The molecular formula is C16H15ClN2O2. The van der Waals surface area contributed by atoms with Gasteiger partial charge < -0.3 is 10.1 Å². The van der Waals surface area contributed by atoms with E-state index in [0.717, 1.165) is 24.1 Å². The van der Waals surface area contributed by atoms with E-state index >= 15 is 0 Å². The van der Waals surface area contributed by atoms with Gasteiger partial charge in [0.1, 0.15) is 0 Å². The highest BCUT2D eigenvalue weighted by Crippen LogP contribution is 2.28. The number of aromatic nitrogens is 1. The molecule has 0 bridgehead atoms. The number of ether oxygens (including phenoxy) is 1. The number of carbonyl (C=O) groups excluding carboxylic acids is 1. The molecule has 5 heteroatoms. The molecule has 108 valence electrons. The standard InChI is InChI=1S/C16H15ClN2O2/c1-10-5-6-13-14(3-2-4-15(13)19-10)16(20)21-12-7-11(17)8-18-9-12/h2-4,7-10,19H,5-6H2,1H3. The zero-order chi connectivity index (χ0) is 14.8. The quantitative estimate of drug-likeness (QED) is 0.859. The number of pyridine rings is 1. The van der Waals surface area contributed by atoms with E-state index in [1.54, 1.807) is 12.1 Å². The Morgan fingerprint density at radius 1 is 1.43 bits per heavy atom. The first-order valence-corrected chi connectivity index (χ1v) is 7.22. The molecule has 1 atom stereocenters. The smallest absolute Gasteiger partial charge is 0.343 e. The summed E-state index contributed by atoms with van der Waals surface area (Å²) in [6.45, 7) is 2.13. The molecule has 1 aromatic heterocycles. The Morgan fingerprint density at radius 2 is 2.29 bits per heavy atom. The van der Waals surface area contributed by atoms with Gasteiger partial charge in [-0.1, -0.05) is 17.7 Å². The number of fused-ring (bicyclic) bond motifs is 1. The van der Waals surface area contributed by atoms with Crippen LogP contribution >= 0.6 is 11.6 Å². The topological polar surface area (TPSA) is 51.2 Å². The van der Waals surface area contributed by atoms with Crippen molar-refractivity contribution < 1.29 is 9.53 Å². The maximum atomic E-state index is 12.4. The first-order chi connectivity index (χ1) is 10.1. The van der Waals surface area contributed by atoms with E-state index in [0.29, 0.717) is 22.4 Å². The van der Waals surface area contributed by atoms with E-state index in [9.17, 15) is 4.79 Å². The average molecular weight is 303 g/mol. The summed E-state index contributed by atoms with van der Waals surface area (Å²) >= 11 is 5.84. The van der Waals surface area contributed by atoms with Crippen molar-refractivity contribution in [3.8, 4) is 5.75 Å². The third-order valence-corrected chi connectivity index (χ3v) is 3.72. The summed E-state index contributed by atoms with van der Waals surface area (Å²) in [7, 11) is 0. The summed E-state index contributed by atoms with van der Waals surface area (Å²) in [5, 5.41) is 3.82. The fraction of sp³-hybridized carbons (Fsp3) is 0.250. The van der Waals surface area contributed by atoms with Crippen LogP contribution in [0.3, 0.4) is 0 Å². The lowest BCUT2D eigenvalue weighted by Gasteiger charge is -2.25. The molecule has 1 N–H and O–H groups in total. The lowest BCUT2D eigenvalue weighted by Crippen LogP contribution is -2.24. The zero-order valence-electron chi connectivity index (χ0n) is 11.6. The van der Waals surface area contributed by atoms with Gasteiger partial charge in [0.15, 0.2) is 5.75 Å². The van der Waals surface area contributed by atoms with Gasteiger partial charge in [-0.05, 0) is 37.5 Å². The molecule has 2 heterocycles. The van der Waals surface area contributed by atoms with Crippen LogP contribution in [0, 0.1) is 0 Å². The molecule has 4 nitrogen and oxygen atoms in total. The number of esters is 1. The first-order valence-electron chi connectivity index (χ1n) is 6.84. The predicted molar refractivity (Wildman–Crippen MR) is 82.1 cm³/mol. The van der Waals surface area contributed by atoms with E-state index in [1.165, 1.54) is 12.4 Å². The summed E-state index contributed by atoms with van der Waals surface area (Å²) in [6, 6.07) is 7.62. The molecule has 0 fully saturated rings. The molecule has 0 spiro atoms. The molecule has 1 aliphatic rings. The van der Waals surface area contributed by atoms with E-state index < -0.39 is 0 Å². The van der Waals surface area contributed by atoms with Crippen molar-refractivity contribution in [2.24, 2.45) is 0 Å². The molecule has 1 aliphatic heterocycles. The zero-order valence-corrected chi connectivity index (χ0v) is 12.4. The first kappa shape index (κ1) is 13.9. The maximum absolute atomic E-state index is 12.4. The van der Waals surface area contributed by atoms with Crippen LogP contribution in [0.25, 0.3) is 0 Å². The number of halogens is 1. The number of benzene rings is 1. The second-order valence-corrected chi connectivity index (χ2v) is 5.58. The molecule has 0 aliphatic carbocycles. The van der Waals surface area contributed by atoms with Gasteiger partial charge in [0.2, 0.25) is 0 Å². The minimum atomic E-state index is -0.382. The summed E-state index contributed by atoms with van der Waals surface area (Å²) in [5.41, 5.74) is 2.61. The van der Waals surface area contributed by atoms with Gasteiger partial charge >= 0.3 is 5.97 Å². The van der Waals surface area contributed by atoms with E-state index in [2.05, 4.69) is 17.2 Å². The van der Waals surface area contributed by atoms with Gasteiger partial charge in [-0.15, -0.1) is 0 Å². The van der Waals surface area contributed by atoms with Crippen molar-refractivity contribution in [3.63, 3.8) is 0 Å². The Hall–Kier alpha value is -2.07. The molecular weight excluding hydrogens is 288 g/mol. The van der Waals surface area contributed by atoms with Crippen molar-refractivity contribution >= 4 is 23.3 Å². The van der Waals surface area contributed by atoms with E-state index in [-0.39, 0.29) is 5.97 Å². The fourth-order valence-electron chi connectivity index (χ4n) is 2.49. The number of hydrogen-bond acceptors (Lipinski definition) is 4. The summed E-state index contributed by atoms with van der Waals surface area (Å²) in [4.78, 5) is 16.3. The van der Waals surface area contributed by atoms with Gasteiger partial charge in [-0.25, -0.2) is 4.79 Å². The number of rotatable bonds is 2. The number of nitrogens with zero attached hydrogens (tertiary/aromatic N) is 1. The Balaban J connectivity index is 1.87. The minimum absolute atomic E-state index is 0.349. The second-order valence-electron chi connectivity index (χ2n) is 5.14. The molecule has 0 amide bonds. The van der Waals surface area contributed by atoms with Gasteiger partial charge in [-0.3, -0.25) is 4.98 Å². The van der Waals surface area contributed by atoms with Crippen molar-refractivity contribution in [1.82, 2.24) is 4.98 Å². The largest absolute Gasteiger partial charge is 0.421 e. The molecule has 0 saturated carbocycles. The van der Waals surface area contributed by atoms with Crippen molar-refractivity contribution in [3.05, 3.63) is 52.8 Å². The lowest BCUT2D eigenvalue weighted by atomic mass is 9.94. The Labute approximate surface area is 128 Å².